The summed E-state index contributed by atoms with van der Waals surface area (Å²) in [4.78, 5) is 51.9. The van der Waals surface area contributed by atoms with E-state index in [1.54, 1.807) is 54.1 Å². The van der Waals surface area contributed by atoms with Crippen LogP contribution in [0.5, 0.6) is 5.75 Å². The van der Waals surface area contributed by atoms with Crippen LogP contribution in [0, 0.1) is 0 Å². The number of nitrogens with zero attached hydrogens (tertiary/aromatic N) is 5. The lowest BCUT2D eigenvalue weighted by atomic mass is 9.92. The lowest BCUT2D eigenvalue weighted by Gasteiger charge is -2.31. The fourth-order valence-corrected chi connectivity index (χ4v) is 4.57. The largest absolute Gasteiger partial charge is 0.480 e. The number of nitrogens with one attached hydrogen (secondary N) is 1. The van der Waals surface area contributed by atoms with E-state index in [1.807, 2.05) is 25.7 Å². The molecule has 0 spiro atoms. The van der Waals surface area contributed by atoms with Crippen molar-refractivity contribution in [2.75, 3.05) is 47.8 Å². The zero-order valence-electron chi connectivity index (χ0n) is 23.6. The van der Waals surface area contributed by atoms with Gasteiger partial charge in [0.1, 0.15) is 17.0 Å². The average molecular weight is 541 g/mol. The molecule has 212 valence electrons. The number of likely N-dealkylation sites (tertiary alicyclic amines) is 1. The second kappa shape index (κ2) is 13.3. The van der Waals surface area contributed by atoms with Crippen LogP contribution in [0.25, 0.3) is 0 Å². The number of carbonyl (C=O) groups is 3. The van der Waals surface area contributed by atoms with E-state index in [0.717, 1.165) is 18.4 Å². The van der Waals surface area contributed by atoms with Crippen molar-refractivity contribution in [3.63, 3.8) is 0 Å². The number of benzene rings is 1. The number of aliphatic carboxylic acids is 1. The summed E-state index contributed by atoms with van der Waals surface area (Å²) < 4.78 is 5.47. The van der Waals surface area contributed by atoms with Gasteiger partial charge in [-0.3, -0.25) is 4.79 Å². The molecule has 1 aromatic carbocycles. The molecule has 1 saturated heterocycles. The van der Waals surface area contributed by atoms with Crippen molar-refractivity contribution in [1.82, 2.24) is 14.9 Å². The average Bonchev–Trinajstić information content (AvgIpc) is 3.47. The Morgan fingerprint density at radius 1 is 1.05 bits per heavy atom. The van der Waals surface area contributed by atoms with Gasteiger partial charge in [0, 0.05) is 45.6 Å². The molecule has 3 rings (SSSR count). The Morgan fingerprint density at radius 2 is 1.69 bits per heavy atom. The first-order valence-electron chi connectivity index (χ1n) is 13.6. The van der Waals surface area contributed by atoms with Gasteiger partial charge < -0.3 is 29.9 Å². The first-order valence-corrected chi connectivity index (χ1v) is 13.6. The van der Waals surface area contributed by atoms with E-state index in [9.17, 15) is 19.5 Å². The minimum Gasteiger partial charge on any atom is -0.480 e. The summed E-state index contributed by atoms with van der Waals surface area (Å²) in [5, 5.41) is 13.4. The van der Waals surface area contributed by atoms with Crippen LogP contribution < -0.4 is 19.9 Å². The molecule has 0 aliphatic carbocycles. The van der Waals surface area contributed by atoms with Crippen molar-refractivity contribution in [2.24, 2.45) is 0 Å². The normalized spacial score (nSPS) is 14.4. The molecule has 2 amide bonds. The molecule has 0 radical (unpaired) electrons. The number of carbonyl (C=O) groups excluding carboxylic acids is 2. The maximum absolute atomic E-state index is 12.7. The summed E-state index contributed by atoms with van der Waals surface area (Å²) in [6.07, 6.45) is 3.55. The molecule has 1 aliphatic heterocycles. The van der Waals surface area contributed by atoms with Gasteiger partial charge in [-0.1, -0.05) is 19.1 Å². The van der Waals surface area contributed by atoms with E-state index in [0.29, 0.717) is 50.1 Å². The molecular weight excluding hydrogens is 500 g/mol. The molecule has 39 heavy (non-hydrogen) atoms. The molecule has 1 atom stereocenters. The van der Waals surface area contributed by atoms with Crippen LogP contribution in [0.4, 0.5) is 22.2 Å². The van der Waals surface area contributed by atoms with Gasteiger partial charge >= 0.3 is 12.1 Å². The van der Waals surface area contributed by atoms with Gasteiger partial charge in [-0.2, -0.15) is 4.98 Å². The van der Waals surface area contributed by atoms with Crippen LogP contribution in [-0.4, -0.2) is 76.2 Å². The zero-order valence-corrected chi connectivity index (χ0v) is 23.6. The molecular formula is C28H40N6O5. The Hall–Kier alpha value is -3.89. The second-order valence-electron chi connectivity index (χ2n) is 9.71. The summed E-state index contributed by atoms with van der Waals surface area (Å²) in [5.74, 6) is -0.0688. The van der Waals surface area contributed by atoms with E-state index >= 15 is 0 Å². The minimum absolute atomic E-state index is 0.112. The van der Waals surface area contributed by atoms with E-state index in [-0.39, 0.29) is 30.7 Å². The number of rotatable bonds is 12. The molecule has 1 fully saturated rings. The summed E-state index contributed by atoms with van der Waals surface area (Å²) >= 11 is 0. The summed E-state index contributed by atoms with van der Waals surface area (Å²) in [6, 6.07) is 6.82. The van der Waals surface area contributed by atoms with Crippen LogP contribution in [0.15, 0.2) is 30.5 Å². The minimum atomic E-state index is -1.47. The predicted molar refractivity (Wildman–Crippen MR) is 151 cm³/mol. The lowest BCUT2D eigenvalue weighted by molar-refractivity contribution is -0.141. The maximum atomic E-state index is 12.7. The summed E-state index contributed by atoms with van der Waals surface area (Å²) in [5.41, 5.74) is -0.312. The quantitative estimate of drug-likeness (QED) is 0.407. The van der Waals surface area contributed by atoms with Gasteiger partial charge in [0.25, 0.3) is 0 Å². The number of anilines is 3. The highest BCUT2D eigenvalue weighted by molar-refractivity contribution is 5.96. The van der Waals surface area contributed by atoms with Crippen LogP contribution in [0.1, 0.15) is 59.4 Å². The van der Waals surface area contributed by atoms with Crippen molar-refractivity contribution in [3.8, 4) is 5.75 Å². The maximum Gasteiger partial charge on any atom is 0.415 e. The highest BCUT2D eigenvalue weighted by Crippen LogP contribution is 2.30. The van der Waals surface area contributed by atoms with Gasteiger partial charge in [-0.25, -0.2) is 14.6 Å². The Bertz CT molecular complexity index is 1150. The molecule has 11 nitrogen and oxygen atoms in total. The number of carboxylic acids is 1. The molecule has 1 aromatic heterocycles. The first-order chi connectivity index (χ1) is 18.6. The predicted octanol–water partition coefficient (Wildman–Crippen LogP) is 4.18. The van der Waals surface area contributed by atoms with Crippen molar-refractivity contribution in [1.29, 1.82) is 0 Å². The van der Waals surface area contributed by atoms with Crippen LogP contribution in [-0.2, 0) is 16.0 Å². The third-order valence-electron chi connectivity index (χ3n) is 6.93. The number of hydrogen-bond donors (Lipinski definition) is 2. The zero-order chi connectivity index (χ0) is 28.6. The summed E-state index contributed by atoms with van der Waals surface area (Å²) in [6.45, 7) is 12.3. The van der Waals surface area contributed by atoms with Gasteiger partial charge in [0.15, 0.2) is 5.82 Å². The summed E-state index contributed by atoms with van der Waals surface area (Å²) in [7, 11) is 0. The van der Waals surface area contributed by atoms with Crippen molar-refractivity contribution in [2.45, 2.75) is 65.8 Å². The standard InChI is InChI=1S/C28H40N6O5/c1-6-23(35)34(9-4)22-19-29-26(32(7-2)8-3)30-24(22)31-28(5,25(36)37)18-20-12-14-21(15-13-20)39-27(38)33-16-10-11-17-33/h12-15,19H,6-11,16-18H2,1-5H3,(H,36,37)(H,29,30,31)/t28-/m0/s1. The topological polar surface area (TPSA) is 128 Å². The SMILES string of the molecule is CCC(=O)N(CC)c1cnc(N(CC)CC)nc1N[C@@](C)(Cc1ccc(OC(=O)N2CCCC2)cc1)C(=O)O. The van der Waals surface area contributed by atoms with Crippen LogP contribution in [0.3, 0.4) is 0 Å². The molecule has 2 N–H and O–H groups in total. The number of amides is 2. The van der Waals surface area contributed by atoms with E-state index in [1.165, 1.54) is 0 Å². The van der Waals surface area contributed by atoms with Crippen molar-refractivity contribution in [3.05, 3.63) is 36.0 Å². The Balaban J connectivity index is 1.89. The van der Waals surface area contributed by atoms with Crippen molar-refractivity contribution < 1.29 is 24.2 Å². The van der Waals surface area contributed by atoms with E-state index in [2.05, 4.69) is 15.3 Å². The molecule has 0 bridgehead atoms. The second-order valence-corrected chi connectivity index (χ2v) is 9.71. The highest BCUT2D eigenvalue weighted by Gasteiger charge is 2.36. The molecule has 0 saturated carbocycles. The van der Waals surface area contributed by atoms with Crippen LogP contribution in [0.2, 0.25) is 0 Å². The first kappa shape index (κ1) is 29.7. The number of hydrogen-bond acceptors (Lipinski definition) is 8. The molecule has 1 aliphatic rings. The lowest BCUT2D eigenvalue weighted by Crippen LogP contribution is -2.46. The van der Waals surface area contributed by atoms with E-state index in [4.69, 9.17) is 4.74 Å². The smallest absolute Gasteiger partial charge is 0.415 e. The Labute approximate surface area is 230 Å². The molecule has 2 aromatic rings. The van der Waals surface area contributed by atoms with E-state index < -0.39 is 11.5 Å². The fraction of sp³-hybridized carbons (Fsp3) is 0.536. The third-order valence-corrected chi connectivity index (χ3v) is 6.93. The van der Waals surface area contributed by atoms with Gasteiger partial charge in [-0.05, 0) is 58.2 Å². The van der Waals surface area contributed by atoms with Crippen LogP contribution >= 0.6 is 0 Å². The highest BCUT2D eigenvalue weighted by atomic mass is 16.6. The number of aromatic nitrogens is 2. The number of ether oxygens (including phenoxy) is 1. The van der Waals surface area contributed by atoms with Gasteiger partial charge in [0.2, 0.25) is 11.9 Å². The monoisotopic (exact) mass is 540 g/mol. The number of carboxylic acid groups (broad SMARTS) is 1. The van der Waals surface area contributed by atoms with Crippen molar-refractivity contribution >= 4 is 35.4 Å². The fourth-order valence-electron chi connectivity index (χ4n) is 4.57. The Kier molecular flexibility index (Phi) is 10.1. The third kappa shape index (κ3) is 7.15. The van der Waals surface area contributed by atoms with Gasteiger partial charge in [-0.15, -0.1) is 0 Å². The molecule has 2 heterocycles. The van der Waals surface area contributed by atoms with Gasteiger partial charge in [0.05, 0.1) is 6.20 Å². The Morgan fingerprint density at radius 3 is 2.23 bits per heavy atom. The molecule has 11 heteroatoms. The molecule has 0 unspecified atom stereocenters.